The van der Waals surface area contributed by atoms with Gasteiger partial charge in [-0.05, 0) is 52.9 Å². The Kier molecular flexibility index (Phi) is 6.62. The van der Waals surface area contributed by atoms with Crippen molar-refractivity contribution in [1.29, 1.82) is 0 Å². The number of carbonyl (C=O) groups is 3. The van der Waals surface area contributed by atoms with Crippen LogP contribution in [0, 0.1) is 5.92 Å². The van der Waals surface area contributed by atoms with Crippen molar-refractivity contribution in [2.75, 3.05) is 6.54 Å². The molecule has 8 nitrogen and oxygen atoms in total. The lowest BCUT2D eigenvalue weighted by Crippen LogP contribution is -2.57. The summed E-state index contributed by atoms with van der Waals surface area (Å²) in [5.41, 5.74) is -1.10. The molecule has 3 fully saturated rings. The van der Waals surface area contributed by atoms with Crippen LogP contribution in [-0.4, -0.2) is 62.3 Å². The summed E-state index contributed by atoms with van der Waals surface area (Å²) in [5.74, 6) is -0.940. The number of amides is 3. The Bertz CT molecular complexity index is 801. The molecule has 1 unspecified atom stereocenters. The summed E-state index contributed by atoms with van der Waals surface area (Å²) in [4.78, 5) is 40.9. The summed E-state index contributed by atoms with van der Waals surface area (Å²) < 4.78 is 20.9. The number of nitrogens with one attached hydrogen (secondary N) is 2. The van der Waals surface area contributed by atoms with Crippen LogP contribution in [0.25, 0.3) is 0 Å². The summed E-state index contributed by atoms with van der Waals surface area (Å²) in [7, 11) is 0. The lowest BCUT2D eigenvalue weighted by atomic mass is 10.1. The van der Waals surface area contributed by atoms with Gasteiger partial charge in [0.05, 0.1) is 30.0 Å². The highest BCUT2D eigenvalue weighted by atomic mass is 32.2. The van der Waals surface area contributed by atoms with E-state index in [9.17, 15) is 18.9 Å². The molecule has 2 saturated carbocycles. The molecule has 2 N–H and O–H groups in total. The lowest BCUT2D eigenvalue weighted by molar-refractivity contribution is -0.142. The molecule has 0 radical (unpaired) electrons. The fraction of sp³-hybridized carbons (Fsp3) is 0.783. The Labute approximate surface area is 193 Å². The van der Waals surface area contributed by atoms with Crippen LogP contribution in [0.1, 0.15) is 72.1 Å². The molecule has 9 heteroatoms. The van der Waals surface area contributed by atoms with Crippen LogP contribution >= 0.6 is 0 Å². The lowest BCUT2D eigenvalue weighted by Gasteiger charge is -2.28. The van der Waals surface area contributed by atoms with E-state index in [2.05, 4.69) is 10.0 Å². The molecule has 2 heterocycles. The molecule has 4 aliphatic rings. The molecule has 0 aromatic rings. The van der Waals surface area contributed by atoms with Gasteiger partial charge in [0, 0.05) is 25.3 Å². The van der Waals surface area contributed by atoms with Crippen LogP contribution in [0.2, 0.25) is 0 Å². The van der Waals surface area contributed by atoms with E-state index < -0.39 is 28.8 Å². The Morgan fingerprint density at radius 2 is 2.03 bits per heavy atom. The zero-order valence-electron chi connectivity index (χ0n) is 19.2. The molecule has 32 heavy (non-hydrogen) atoms. The maximum Gasteiger partial charge on any atom is 0.287 e. The van der Waals surface area contributed by atoms with E-state index in [1.807, 2.05) is 32.9 Å². The van der Waals surface area contributed by atoms with Gasteiger partial charge in [-0.25, -0.2) is 0 Å². The van der Waals surface area contributed by atoms with Gasteiger partial charge < -0.3 is 19.5 Å². The second-order valence-corrected chi connectivity index (χ2v) is 11.9. The minimum Gasteiger partial charge on any atom is -0.593 e. The molecule has 0 bridgehead atoms. The molecule has 0 aromatic carbocycles. The van der Waals surface area contributed by atoms with E-state index in [0.717, 1.165) is 32.1 Å². The first-order valence-corrected chi connectivity index (χ1v) is 13.0. The third-order valence-corrected chi connectivity index (χ3v) is 8.94. The number of nitrogens with zero attached hydrogens (tertiary/aromatic N) is 1. The zero-order valence-corrected chi connectivity index (χ0v) is 20.0. The molecule has 2 aliphatic heterocycles. The number of ether oxygens (including phenoxy) is 1. The summed E-state index contributed by atoms with van der Waals surface area (Å²) in [6, 6.07) is -0.585. The maximum absolute atomic E-state index is 13.2. The zero-order chi connectivity index (χ0) is 23.1. The Morgan fingerprint density at radius 1 is 1.28 bits per heavy atom. The smallest absolute Gasteiger partial charge is 0.287 e. The van der Waals surface area contributed by atoms with Gasteiger partial charge in [-0.1, -0.05) is 12.2 Å². The molecular formula is C23H35N3O5S. The maximum atomic E-state index is 13.2. The van der Waals surface area contributed by atoms with Crippen molar-refractivity contribution in [1.82, 2.24) is 14.9 Å². The van der Waals surface area contributed by atoms with E-state index in [1.54, 1.807) is 4.90 Å². The summed E-state index contributed by atoms with van der Waals surface area (Å²) in [6.07, 6.45) is 9.05. The second-order valence-electron chi connectivity index (χ2n) is 10.1. The van der Waals surface area contributed by atoms with Crippen LogP contribution in [0.15, 0.2) is 12.2 Å². The van der Waals surface area contributed by atoms with Crippen molar-refractivity contribution in [2.45, 2.75) is 101 Å². The van der Waals surface area contributed by atoms with Crippen molar-refractivity contribution in [3.8, 4) is 0 Å². The summed E-state index contributed by atoms with van der Waals surface area (Å²) in [6.45, 7) is 6.32. The molecule has 6 atom stereocenters. The summed E-state index contributed by atoms with van der Waals surface area (Å²) in [5, 5.41) is 2.96. The number of rotatable bonds is 3. The third kappa shape index (κ3) is 4.84. The fourth-order valence-electron chi connectivity index (χ4n) is 4.75. The van der Waals surface area contributed by atoms with Crippen molar-refractivity contribution >= 4 is 29.1 Å². The van der Waals surface area contributed by atoms with Crippen molar-refractivity contribution in [2.24, 2.45) is 5.92 Å². The molecule has 2 aliphatic carbocycles. The van der Waals surface area contributed by atoms with Crippen molar-refractivity contribution < 1.29 is 23.7 Å². The molecule has 0 spiro atoms. The molecule has 3 amide bonds. The summed E-state index contributed by atoms with van der Waals surface area (Å²) >= 11 is -1.48. The standard InChI is InChI=1S/C23H35N3O5S/c1-15-7-4-5-8-17-14-23(17,21(29)25-32(30)22(3)10-11-22)24-20(28)18-9-6-12-26(18)19(27)13-16(2)31-15/h5,8,15-18H,4,6-7,9-14H2,1-3H3,(H,24,28)(H,25,29)/b8-5-/t15-,16+,17-,18+,23-,32?/m1/s1. The highest BCUT2D eigenvalue weighted by Crippen LogP contribution is 2.47. The van der Waals surface area contributed by atoms with Gasteiger partial charge in [-0.3, -0.25) is 14.4 Å². The van der Waals surface area contributed by atoms with Crippen LogP contribution in [0.3, 0.4) is 0 Å². The first-order chi connectivity index (χ1) is 15.1. The third-order valence-electron chi connectivity index (χ3n) is 7.26. The van der Waals surface area contributed by atoms with Crippen LogP contribution < -0.4 is 10.0 Å². The van der Waals surface area contributed by atoms with Crippen molar-refractivity contribution in [3.05, 3.63) is 12.2 Å². The Balaban J connectivity index is 1.54. The minimum absolute atomic E-state index is 0.00989. The van der Waals surface area contributed by atoms with Gasteiger partial charge in [0.1, 0.15) is 16.3 Å². The van der Waals surface area contributed by atoms with Crippen molar-refractivity contribution in [3.63, 3.8) is 0 Å². The molecule has 0 aromatic heterocycles. The topological polar surface area (TPSA) is 111 Å². The number of carbonyl (C=O) groups excluding carboxylic acids is 3. The van der Waals surface area contributed by atoms with Crippen LogP contribution in [-0.2, 0) is 30.5 Å². The average Bonchev–Trinajstić information content (AvgIpc) is 3.57. The highest BCUT2D eigenvalue weighted by molar-refractivity contribution is 7.91. The van der Waals surface area contributed by atoms with Gasteiger partial charge in [-0.15, -0.1) is 0 Å². The monoisotopic (exact) mass is 465 g/mol. The number of hydrogen-bond donors (Lipinski definition) is 2. The fourth-order valence-corrected chi connectivity index (χ4v) is 5.82. The second kappa shape index (κ2) is 8.99. The SMILES string of the molecule is C[C@@H]1CC/C=C\[C@@H]2C[C@@]2(C(=O)N[S+]([O-])C2(C)CC2)NC(=O)[C@@H]2CCCN2C(=O)C[C@H](C)O1. The van der Waals surface area contributed by atoms with Crippen LogP contribution in [0.4, 0.5) is 0 Å². The highest BCUT2D eigenvalue weighted by Gasteiger charge is 2.63. The van der Waals surface area contributed by atoms with E-state index >= 15 is 0 Å². The first kappa shape index (κ1) is 23.6. The van der Waals surface area contributed by atoms with E-state index in [4.69, 9.17) is 4.74 Å². The largest absolute Gasteiger partial charge is 0.593 e. The van der Waals surface area contributed by atoms with Gasteiger partial charge in [0.25, 0.3) is 5.91 Å². The molecule has 1 saturated heterocycles. The average molecular weight is 466 g/mol. The number of fused-ring (bicyclic) bond motifs is 2. The molecule has 4 rings (SSSR count). The number of hydrogen-bond acceptors (Lipinski definition) is 5. The molecule has 178 valence electrons. The quantitative estimate of drug-likeness (QED) is 0.487. The predicted molar refractivity (Wildman–Crippen MR) is 121 cm³/mol. The Hall–Kier alpha value is -1.58. The van der Waals surface area contributed by atoms with Gasteiger partial charge in [-0.2, -0.15) is 4.72 Å². The normalized spacial score (nSPS) is 38.9. The van der Waals surface area contributed by atoms with Gasteiger partial charge in [0.15, 0.2) is 0 Å². The Morgan fingerprint density at radius 3 is 2.75 bits per heavy atom. The minimum atomic E-state index is -1.48. The number of allylic oxidation sites excluding steroid dienone is 1. The predicted octanol–water partition coefficient (Wildman–Crippen LogP) is 1.72. The van der Waals surface area contributed by atoms with Gasteiger partial charge >= 0.3 is 0 Å². The van der Waals surface area contributed by atoms with Gasteiger partial charge in [0.2, 0.25) is 11.8 Å². The van der Waals surface area contributed by atoms with E-state index in [0.29, 0.717) is 19.4 Å². The van der Waals surface area contributed by atoms with Crippen LogP contribution in [0.5, 0.6) is 0 Å². The molecular weight excluding hydrogens is 430 g/mol. The first-order valence-electron chi connectivity index (χ1n) is 11.8. The van der Waals surface area contributed by atoms with E-state index in [1.165, 1.54) is 0 Å². The van der Waals surface area contributed by atoms with E-state index in [-0.39, 0.29) is 41.1 Å².